The number of aliphatic hydroxyl groups is 2. The first-order valence-corrected chi connectivity index (χ1v) is 6.47. The molecule has 0 aromatic heterocycles. The van der Waals surface area contributed by atoms with E-state index in [1.807, 2.05) is 13.8 Å². The average molecular weight is 266 g/mol. The first kappa shape index (κ1) is 17.8. The van der Waals surface area contributed by atoms with Crippen LogP contribution in [0.3, 0.4) is 0 Å². The van der Waals surface area contributed by atoms with Crippen molar-refractivity contribution in [3.05, 3.63) is 0 Å². The van der Waals surface area contributed by atoms with Gasteiger partial charge in [0.05, 0.1) is 13.2 Å². The molecule has 2 N–H and O–H groups in total. The number of aliphatic hydroxyl groups excluding tert-OH is 2. The van der Waals surface area contributed by atoms with Gasteiger partial charge >= 0.3 is 0 Å². The molecule has 0 fully saturated rings. The number of ether oxygens (including phenoxy) is 2. The van der Waals surface area contributed by atoms with Crippen molar-refractivity contribution >= 4 is 0 Å². The van der Waals surface area contributed by atoms with Crippen molar-refractivity contribution < 1.29 is 29.5 Å². The van der Waals surface area contributed by atoms with Crippen LogP contribution in [0.4, 0.5) is 0 Å². The Morgan fingerprint density at radius 1 is 0.778 bits per heavy atom. The maximum absolute atomic E-state index is 9.00. The zero-order valence-electron chi connectivity index (χ0n) is 11.3. The SMILES string of the molecule is CCCOC(CO)COOCC(CO)OCCC. The molecule has 0 heterocycles. The van der Waals surface area contributed by atoms with Crippen LogP contribution in [0.1, 0.15) is 26.7 Å². The van der Waals surface area contributed by atoms with Crippen LogP contribution in [0.2, 0.25) is 0 Å². The first-order chi connectivity index (χ1) is 8.78. The summed E-state index contributed by atoms with van der Waals surface area (Å²) in [5.74, 6) is 0. The molecule has 0 rings (SSSR count). The van der Waals surface area contributed by atoms with E-state index in [0.717, 1.165) is 12.8 Å². The molecule has 0 aromatic rings. The van der Waals surface area contributed by atoms with Crippen LogP contribution in [-0.4, -0.2) is 62.1 Å². The van der Waals surface area contributed by atoms with Crippen molar-refractivity contribution in [2.24, 2.45) is 0 Å². The highest BCUT2D eigenvalue weighted by Gasteiger charge is 2.11. The lowest BCUT2D eigenvalue weighted by atomic mass is 10.4. The van der Waals surface area contributed by atoms with E-state index >= 15 is 0 Å². The van der Waals surface area contributed by atoms with Crippen LogP contribution in [0.15, 0.2) is 0 Å². The smallest absolute Gasteiger partial charge is 0.111 e. The van der Waals surface area contributed by atoms with E-state index in [4.69, 9.17) is 29.5 Å². The molecule has 0 aliphatic carbocycles. The molecule has 110 valence electrons. The molecular formula is C12H26O6. The van der Waals surface area contributed by atoms with Gasteiger partial charge in [-0.1, -0.05) is 13.8 Å². The molecule has 2 unspecified atom stereocenters. The summed E-state index contributed by atoms with van der Waals surface area (Å²) < 4.78 is 10.6. The summed E-state index contributed by atoms with van der Waals surface area (Å²) in [7, 11) is 0. The molecule has 6 nitrogen and oxygen atoms in total. The third-order valence-electron chi connectivity index (χ3n) is 2.11. The van der Waals surface area contributed by atoms with E-state index in [-0.39, 0.29) is 38.6 Å². The normalized spacial score (nSPS) is 14.7. The predicted molar refractivity (Wildman–Crippen MR) is 66.1 cm³/mol. The van der Waals surface area contributed by atoms with Crippen LogP contribution in [0, 0.1) is 0 Å². The van der Waals surface area contributed by atoms with Crippen molar-refractivity contribution in [3.8, 4) is 0 Å². The molecule has 0 radical (unpaired) electrons. The third-order valence-corrected chi connectivity index (χ3v) is 2.11. The fourth-order valence-electron chi connectivity index (χ4n) is 1.12. The molecular weight excluding hydrogens is 240 g/mol. The second-order valence-corrected chi connectivity index (χ2v) is 3.92. The fourth-order valence-corrected chi connectivity index (χ4v) is 1.12. The molecule has 0 spiro atoms. The van der Waals surface area contributed by atoms with Gasteiger partial charge in [-0.3, -0.25) is 0 Å². The zero-order chi connectivity index (χ0) is 13.6. The Hall–Kier alpha value is -0.240. The van der Waals surface area contributed by atoms with Crippen molar-refractivity contribution in [3.63, 3.8) is 0 Å². The molecule has 0 bridgehead atoms. The Balaban J connectivity index is 3.55. The Kier molecular flexibility index (Phi) is 13.0. The average Bonchev–Trinajstić information content (AvgIpc) is 2.41. The van der Waals surface area contributed by atoms with Gasteiger partial charge in [-0.2, -0.15) is 0 Å². The van der Waals surface area contributed by atoms with Gasteiger partial charge in [0.25, 0.3) is 0 Å². The van der Waals surface area contributed by atoms with Gasteiger partial charge < -0.3 is 19.7 Å². The lowest BCUT2D eigenvalue weighted by molar-refractivity contribution is -0.321. The molecule has 6 heteroatoms. The molecule has 0 saturated carbocycles. The quantitative estimate of drug-likeness (QED) is 0.287. The summed E-state index contributed by atoms with van der Waals surface area (Å²) in [4.78, 5) is 9.84. The second kappa shape index (κ2) is 13.2. The minimum absolute atomic E-state index is 0.112. The first-order valence-electron chi connectivity index (χ1n) is 6.47. The highest BCUT2D eigenvalue weighted by atomic mass is 17.2. The summed E-state index contributed by atoms with van der Waals surface area (Å²) in [5.41, 5.74) is 0. The minimum Gasteiger partial charge on any atom is -0.394 e. The molecule has 18 heavy (non-hydrogen) atoms. The Labute approximate surface area is 109 Å². The Morgan fingerprint density at radius 3 is 1.44 bits per heavy atom. The number of hydrogen-bond acceptors (Lipinski definition) is 6. The lowest BCUT2D eigenvalue weighted by Crippen LogP contribution is -2.28. The summed E-state index contributed by atoms with van der Waals surface area (Å²) in [6.07, 6.45) is 1.01. The molecule has 0 aliphatic heterocycles. The molecule has 0 amide bonds. The highest BCUT2D eigenvalue weighted by molar-refractivity contribution is 4.53. The fraction of sp³-hybridized carbons (Fsp3) is 1.00. The van der Waals surface area contributed by atoms with Crippen LogP contribution >= 0.6 is 0 Å². The van der Waals surface area contributed by atoms with Crippen LogP contribution in [-0.2, 0) is 19.2 Å². The van der Waals surface area contributed by atoms with Gasteiger partial charge in [-0.15, -0.1) is 0 Å². The van der Waals surface area contributed by atoms with Gasteiger partial charge in [-0.25, -0.2) is 9.78 Å². The van der Waals surface area contributed by atoms with E-state index in [1.165, 1.54) is 0 Å². The Bertz CT molecular complexity index is 149. The predicted octanol–water partition coefficient (Wildman–Crippen LogP) is 0.510. The standard InChI is InChI=1S/C12H26O6/c1-3-5-15-11(7-13)9-17-18-10-12(8-14)16-6-4-2/h11-14H,3-10H2,1-2H3. The highest BCUT2D eigenvalue weighted by Crippen LogP contribution is 1.98. The van der Waals surface area contributed by atoms with E-state index in [9.17, 15) is 0 Å². The molecule has 0 aliphatic rings. The summed E-state index contributed by atoms with van der Waals surface area (Å²) in [5, 5.41) is 18.0. The summed E-state index contributed by atoms with van der Waals surface area (Å²) >= 11 is 0. The van der Waals surface area contributed by atoms with Crippen molar-refractivity contribution in [2.45, 2.75) is 38.9 Å². The number of rotatable bonds is 13. The topological polar surface area (TPSA) is 77.4 Å². The molecule has 2 atom stereocenters. The van der Waals surface area contributed by atoms with E-state index in [2.05, 4.69) is 0 Å². The third kappa shape index (κ3) is 9.76. The summed E-state index contributed by atoms with van der Waals surface area (Å²) in [6.45, 7) is 5.22. The lowest BCUT2D eigenvalue weighted by Gasteiger charge is -2.17. The monoisotopic (exact) mass is 266 g/mol. The van der Waals surface area contributed by atoms with Crippen molar-refractivity contribution in [1.29, 1.82) is 0 Å². The van der Waals surface area contributed by atoms with E-state index < -0.39 is 0 Å². The van der Waals surface area contributed by atoms with E-state index in [0.29, 0.717) is 13.2 Å². The molecule has 0 aromatic carbocycles. The maximum Gasteiger partial charge on any atom is 0.111 e. The van der Waals surface area contributed by atoms with Crippen molar-refractivity contribution in [2.75, 3.05) is 39.6 Å². The van der Waals surface area contributed by atoms with Crippen LogP contribution in [0.25, 0.3) is 0 Å². The maximum atomic E-state index is 9.00. The van der Waals surface area contributed by atoms with Gasteiger partial charge in [0.15, 0.2) is 0 Å². The summed E-state index contributed by atoms with van der Waals surface area (Å²) in [6, 6.07) is 0. The Morgan fingerprint density at radius 2 is 1.17 bits per heavy atom. The van der Waals surface area contributed by atoms with Gasteiger partial charge in [0.1, 0.15) is 25.4 Å². The molecule has 0 saturated heterocycles. The van der Waals surface area contributed by atoms with Gasteiger partial charge in [-0.05, 0) is 12.8 Å². The van der Waals surface area contributed by atoms with Crippen molar-refractivity contribution in [1.82, 2.24) is 0 Å². The van der Waals surface area contributed by atoms with Gasteiger partial charge in [0, 0.05) is 13.2 Å². The second-order valence-electron chi connectivity index (χ2n) is 3.92. The van der Waals surface area contributed by atoms with E-state index in [1.54, 1.807) is 0 Å². The largest absolute Gasteiger partial charge is 0.394 e. The number of hydrogen-bond donors (Lipinski definition) is 2. The minimum atomic E-state index is -0.380. The van der Waals surface area contributed by atoms with Gasteiger partial charge in [0.2, 0.25) is 0 Å². The zero-order valence-corrected chi connectivity index (χ0v) is 11.3. The van der Waals surface area contributed by atoms with Crippen LogP contribution in [0.5, 0.6) is 0 Å². The van der Waals surface area contributed by atoms with Crippen LogP contribution < -0.4 is 0 Å².